The van der Waals surface area contributed by atoms with Crippen LogP contribution in [0.1, 0.15) is 35.1 Å². The van der Waals surface area contributed by atoms with Crippen molar-refractivity contribution in [3.8, 4) is 11.1 Å². The Bertz CT molecular complexity index is 1270. The number of aromatic nitrogens is 2. The Morgan fingerprint density at radius 2 is 1.46 bits per heavy atom. The van der Waals surface area contributed by atoms with E-state index in [9.17, 15) is 31.4 Å². The number of alkyl halides is 6. The maximum atomic E-state index is 13.2. The highest BCUT2D eigenvalue weighted by Crippen LogP contribution is 2.50. The first-order chi connectivity index (χ1) is 18.4. The Balaban J connectivity index is 1.27. The van der Waals surface area contributed by atoms with Gasteiger partial charge in [0.15, 0.2) is 0 Å². The highest BCUT2D eigenvalue weighted by atomic mass is 19.4. The number of fused-ring (bicyclic) bond motifs is 2. The molecule has 3 heterocycles. The van der Waals surface area contributed by atoms with Crippen molar-refractivity contribution in [2.45, 2.75) is 62.9 Å². The van der Waals surface area contributed by atoms with E-state index < -0.39 is 23.5 Å². The van der Waals surface area contributed by atoms with Gasteiger partial charge in [0.05, 0.1) is 6.20 Å². The topological polar surface area (TPSA) is 52.5 Å². The molecule has 2 atom stereocenters. The van der Waals surface area contributed by atoms with Crippen LogP contribution in [0.5, 0.6) is 0 Å². The summed E-state index contributed by atoms with van der Waals surface area (Å²) in [6.45, 7) is 5.35. The Hall–Kier alpha value is -3.02. The molecule has 2 aliphatic heterocycles. The molecule has 11 heteroatoms. The van der Waals surface area contributed by atoms with E-state index in [0.29, 0.717) is 35.3 Å². The van der Waals surface area contributed by atoms with Gasteiger partial charge in [-0.25, -0.2) is 0 Å². The van der Waals surface area contributed by atoms with Crippen molar-refractivity contribution in [1.82, 2.24) is 20.0 Å². The molecule has 1 aromatic heterocycles. The van der Waals surface area contributed by atoms with Crippen LogP contribution in [0.3, 0.4) is 0 Å². The van der Waals surface area contributed by atoms with Crippen LogP contribution in [0.25, 0.3) is 11.1 Å². The van der Waals surface area contributed by atoms with Crippen LogP contribution in [-0.2, 0) is 18.7 Å². The largest absolute Gasteiger partial charge is 0.430 e. The molecule has 208 valence electrons. The summed E-state index contributed by atoms with van der Waals surface area (Å²) in [5.74, 6) is 0. The van der Waals surface area contributed by atoms with Crippen molar-refractivity contribution >= 4 is 0 Å². The highest BCUT2D eigenvalue weighted by molar-refractivity contribution is 5.68. The van der Waals surface area contributed by atoms with E-state index in [-0.39, 0.29) is 0 Å². The van der Waals surface area contributed by atoms with Gasteiger partial charge >= 0.3 is 12.4 Å². The van der Waals surface area contributed by atoms with Gasteiger partial charge in [0.1, 0.15) is 0 Å². The molecule has 3 aromatic rings. The molecule has 5 rings (SSSR count). The molecule has 39 heavy (non-hydrogen) atoms. The molecule has 5 nitrogen and oxygen atoms in total. The molecule has 2 bridgehead atoms. The van der Waals surface area contributed by atoms with Crippen molar-refractivity contribution in [1.29, 1.82) is 0 Å². The van der Waals surface area contributed by atoms with Gasteiger partial charge in [-0.2, -0.15) is 36.5 Å². The van der Waals surface area contributed by atoms with E-state index in [4.69, 9.17) is 0 Å². The maximum absolute atomic E-state index is 13.2. The summed E-state index contributed by atoms with van der Waals surface area (Å²) in [7, 11) is 0. The zero-order valence-corrected chi connectivity index (χ0v) is 21.2. The average molecular weight is 551 g/mol. The molecular weight excluding hydrogens is 522 g/mol. The minimum absolute atomic E-state index is 0.461. The third-order valence-corrected chi connectivity index (χ3v) is 7.85. The second kappa shape index (κ2) is 10.2. The summed E-state index contributed by atoms with van der Waals surface area (Å²) >= 11 is 0. The molecule has 0 amide bonds. The molecule has 2 aromatic carbocycles. The van der Waals surface area contributed by atoms with E-state index in [0.717, 1.165) is 55.7 Å². The summed E-state index contributed by atoms with van der Waals surface area (Å²) in [5.41, 5.74) is -1.95. The summed E-state index contributed by atoms with van der Waals surface area (Å²) in [4.78, 5) is 4.98. The van der Waals surface area contributed by atoms with Gasteiger partial charge in [0.25, 0.3) is 5.60 Å². The first-order valence-electron chi connectivity index (χ1n) is 12.7. The Morgan fingerprint density at radius 1 is 0.821 bits per heavy atom. The second-order valence-corrected chi connectivity index (χ2v) is 10.4. The third-order valence-electron chi connectivity index (χ3n) is 7.85. The van der Waals surface area contributed by atoms with Crippen LogP contribution in [0, 0.1) is 6.92 Å². The standard InChI is InChI=1S/C28H28F6N4O/c1-18-12-19(14-37-16-23-7-8-24(17-37)38(23)15-20-10-11-35-36-13-20)2-9-25(18)21-3-5-22(6-4-21)26(39,27(29,30)31)28(32,33)34/h2-6,9-13,23-24,39H,7-8,14-17H2,1H3. The van der Waals surface area contributed by atoms with E-state index in [1.165, 1.54) is 12.1 Å². The first-order valence-corrected chi connectivity index (χ1v) is 12.7. The number of rotatable bonds is 6. The third kappa shape index (κ3) is 5.27. The van der Waals surface area contributed by atoms with Gasteiger partial charge in [-0.1, -0.05) is 42.5 Å². The van der Waals surface area contributed by atoms with Crippen LogP contribution in [0.4, 0.5) is 26.3 Å². The van der Waals surface area contributed by atoms with Crippen molar-refractivity contribution in [3.63, 3.8) is 0 Å². The van der Waals surface area contributed by atoms with Crippen LogP contribution in [0.15, 0.2) is 60.9 Å². The number of piperazine rings is 1. The fraction of sp³-hybridized carbons (Fsp3) is 0.429. The molecule has 0 spiro atoms. The van der Waals surface area contributed by atoms with Crippen LogP contribution in [0.2, 0.25) is 0 Å². The molecule has 2 unspecified atom stereocenters. The lowest BCUT2D eigenvalue weighted by Gasteiger charge is -2.41. The molecule has 1 N–H and O–H groups in total. The normalized spacial score (nSPS) is 20.9. The monoisotopic (exact) mass is 550 g/mol. The lowest BCUT2D eigenvalue weighted by Crippen LogP contribution is -2.53. The predicted octanol–water partition coefficient (Wildman–Crippen LogP) is 5.61. The summed E-state index contributed by atoms with van der Waals surface area (Å²) in [6, 6.07) is 12.4. The van der Waals surface area contributed by atoms with Gasteiger partial charge in [-0.15, -0.1) is 0 Å². The van der Waals surface area contributed by atoms with Crippen LogP contribution < -0.4 is 0 Å². The molecule has 2 aliphatic rings. The van der Waals surface area contributed by atoms with Crippen molar-refractivity contribution < 1.29 is 31.4 Å². The van der Waals surface area contributed by atoms with Gasteiger partial charge in [-0.3, -0.25) is 9.80 Å². The number of hydrogen-bond donors (Lipinski definition) is 1. The SMILES string of the molecule is Cc1cc(CN2CC3CCC(C2)N3Cc2ccnnc2)ccc1-c1ccc(C(O)(C(F)(F)F)C(F)(F)F)cc1. The predicted molar refractivity (Wildman–Crippen MR) is 132 cm³/mol. The number of nitrogens with zero attached hydrogens (tertiary/aromatic N) is 4. The van der Waals surface area contributed by atoms with E-state index >= 15 is 0 Å². The maximum Gasteiger partial charge on any atom is 0.430 e. The quantitative estimate of drug-likeness (QED) is 0.405. The summed E-state index contributed by atoms with van der Waals surface area (Å²) in [6.07, 6.45) is -6.02. The van der Waals surface area contributed by atoms with Gasteiger partial charge in [0.2, 0.25) is 0 Å². The second-order valence-electron chi connectivity index (χ2n) is 10.4. The van der Waals surface area contributed by atoms with E-state index in [1.54, 1.807) is 12.4 Å². The molecule has 0 saturated carbocycles. The minimum Gasteiger partial charge on any atom is -0.369 e. The van der Waals surface area contributed by atoms with E-state index in [1.807, 2.05) is 31.2 Å². The van der Waals surface area contributed by atoms with Crippen molar-refractivity contribution in [2.75, 3.05) is 13.1 Å². The zero-order chi connectivity index (χ0) is 28.0. The smallest absolute Gasteiger partial charge is 0.369 e. The fourth-order valence-electron chi connectivity index (χ4n) is 5.87. The number of benzene rings is 2. The average Bonchev–Trinajstić information content (AvgIpc) is 3.10. The molecular formula is C28H28F6N4O. The number of aryl methyl sites for hydroxylation is 1. The van der Waals surface area contributed by atoms with E-state index in [2.05, 4.69) is 20.0 Å². The van der Waals surface area contributed by atoms with Gasteiger partial charge in [-0.05, 0) is 53.6 Å². The lowest BCUT2D eigenvalue weighted by molar-refractivity contribution is -0.376. The van der Waals surface area contributed by atoms with Crippen LogP contribution >= 0.6 is 0 Å². The molecule has 0 radical (unpaired) electrons. The fourth-order valence-corrected chi connectivity index (χ4v) is 5.87. The minimum atomic E-state index is -5.91. The Kier molecular flexibility index (Phi) is 7.19. The van der Waals surface area contributed by atoms with Gasteiger partial charge < -0.3 is 5.11 Å². The Morgan fingerprint density at radius 3 is 2.00 bits per heavy atom. The van der Waals surface area contributed by atoms with Gasteiger partial charge in [0, 0.05) is 50.0 Å². The zero-order valence-electron chi connectivity index (χ0n) is 21.2. The number of halogens is 6. The number of likely N-dealkylation sites (tertiary alicyclic amines) is 1. The highest BCUT2D eigenvalue weighted by Gasteiger charge is 2.71. The summed E-state index contributed by atoms with van der Waals surface area (Å²) in [5, 5.41) is 17.5. The Labute approximate surface area is 222 Å². The lowest BCUT2D eigenvalue weighted by atomic mass is 9.90. The van der Waals surface area contributed by atoms with Crippen molar-refractivity contribution in [2.24, 2.45) is 0 Å². The van der Waals surface area contributed by atoms with Crippen molar-refractivity contribution in [3.05, 3.63) is 83.2 Å². The van der Waals surface area contributed by atoms with Crippen LogP contribution in [-0.4, -0.2) is 62.6 Å². The molecule has 2 saturated heterocycles. The molecule has 2 fully saturated rings. The number of hydrogen-bond acceptors (Lipinski definition) is 5. The first kappa shape index (κ1) is 27.5. The summed E-state index contributed by atoms with van der Waals surface area (Å²) < 4.78 is 79.2. The molecule has 0 aliphatic carbocycles. The number of aliphatic hydroxyl groups is 1.